The van der Waals surface area contributed by atoms with Crippen LogP contribution in [-0.4, -0.2) is 24.7 Å². The Bertz CT molecular complexity index is 388. The summed E-state index contributed by atoms with van der Waals surface area (Å²) in [6.45, 7) is 3.54. The van der Waals surface area contributed by atoms with Gasteiger partial charge in [-0.1, -0.05) is 37.3 Å². The van der Waals surface area contributed by atoms with Gasteiger partial charge in [0.05, 0.1) is 0 Å². The third-order valence-electron chi connectivity index (χ3n) is 3.36. The van der Waals surface area contributed by atoms with Crippen molar-refractivity contribution in [2.75, 3.05) is 6.54 Å². The van der Waals surface area contributed by atoms with Gasteiger partial charge in [0.1, 0.15) is 6.61 Å². The first kappa shape index (κ1) is 13.9. The van der Waals surface area contributed by atoms with Crippen molar-refractivity contribution in [3.8, 4) is 0 Å². The van der Waals surface area contributed by atoms with E-state index >= 15 is 0 Å². The second-order valence-electron chi connectivity index (χ2n) is 5.03. The van der Waals surface area contributed by atoms with Gasteiger partial charge in [-0.05, 0) is 31.4 Å². The molecule has 0 bridgehead atoms. The van der Waals surface area contributed by atoms with E-state index in [4.69, 9.17) is 4.74 Å². The van der Waals surface area contributed by atoms with Gasteiger partial charge < -0.3 is 15.4 Å². The molecular formula is C15H22N2O2. The van der Waals surface area contributed by atoms with Crippen LogP contribution in [0.1, 0.15) is 31.7 Å². The molecule has 0 aliphatic heterocycles. The van der Waals surface area contributed by atoms with Gasteiger partial charge in [-0.25, -0.2) is 4.79 Å². The Kier molecular flexibility index (Phi) is 5.21. The number of ether oxygens (including phenoxy) is 1. The number of benzene rings is 1. The maximum Gasteiger partial charge on any atom is 0.407 e. The zero-order chi connectivity index (χ0) is 13.5. The Morgan fingerprint density at radius 1 is 1.26 bits per heavy atom. The fourth-order valence-corrected chi connectivity index (χ4v) is 2.18. The van der Waals surface area contributed by atoms with Crippen LogP contribution >= 0.6 is 0 Å². The molecule has 1 aromatic carbocycles. The molecule has 104 valence electrons. The Balaban J connectivity index is 1.59. The van der Waals surface area contributed by atoms with Crippen molar-refractivity contribution < 1.29 is 9.53 Å². The lowest BCUT2D eigenvalue weighted by Gasteiger charge is -2.36. The molecule has 0 atom stereocenters. The van der Waals surface area contributed by atoms with Gasteiger partial charge in [0, 0.05) is 12.1 Å². The van der Waals surface area contributed by atoms with E-state index in [-0.39, 0.29) is 12.1 Å². The Morgan fingerprint density at radius 2 is 2.00 bits per heavy atom. The minimum absolute atomic E-state index is 0.262. The van der Waals surface area contributed by atoms with Crippen LogP contribution in [0.5, 0.6) is 0 Å². The Hall–Kier alpha value is -1.55. The predicted molar refractivity (Wildman–Crippen MR) is 74.9 cm³/mol. The summed E-state index contributed by atoms with van der Waals surface area (Å²) in [6, 6.07) is 10.5. The molecule has 19 heavy (non-hydrogen) atoms. The zero-order valence-electron chi connectivity index (χ0n) is 11.4. The minimum atomic E-state index is -0.317. The van der Waals surface area contributed by atoms with Gasteiger partial charge in [-0.3, -0.25) is 0 Å². The average Bonchev–Trinajstić information content (AvgIpc) is 2.40. The summed E-state index contributed by atoms with van der Waals surface area (Å²) in [4.78, 5) is 11.6. The van der Waals surface area contributed by atoms with Crippen molar-refractivity contribution in [2.24, 2.45) is 0 Å². The summed E-state index contributed by atoms with van der Waals surface area (Å²) in [7, 11) is 0. The molecule has 1 aromatic rings. The molecule has 0 aromatic heterocycles. The maximum absolute atomic E-state index is 11.6. The van der Waals surface area contributed by atoms with Crippen molar-refractivity contribution in [3.63, 3.8) is 0 Å². The highest BCUT2D eigenvalue weighted by Crippen LogP contribution is 2.19. The molecule has 2 rings (SSSR count). The first-order valence-electron chi connectivity index (χ1n) is 6.98. The summed E-state index contributed by atoms with van der Waals surface area (Å²) in [5, 5.41) is 6.33. The maximum atomic E-state index is 11.6. The number of amides is 1. The standard InChI is InChI=1S/C15H22N2O2/c1-2-8-16-13-9-14(10-13)17-15(18)19-11-12-6-4-3-5-7-12/h3-7,13-14,16H,2,8-11H2,1H3,(H,17,18). The molecular weight excluding hydrogens is 240 g/mol. The van der Waals surface area contributed by atoms with E-state index in [0.29, 0.717) is 12.6 Å². The molecule has 1 saturated carbocycles. The highest BCUT2D eigenvalue weighted by Gasteiger charge is 2.29. The summed E-state index contributed by atoms with van der Waals surface area (Å²) >= 11 is 0. The van der Waals surface area contributed by atoms with Gasteiger partial charge in [0.15, 0.2) is 0 Å². The van der Waals surface area contributed by atoms with Crippen molar-refractivity contribution in [2.45, 2.75) is 44.9 Å². The van der Waals surface area contributed by atoms with E-state index in [2.05, 4.69) is 17.6 Å². The second-order valence-corrected chi connectivity index (χ2v) is 5.03. The number of alkyl carbamates (subject to hydrolysis) is 1. The molecule has 4 heteroatoms. The highest BCUT2D eigenvalue weighted by atomic mass is 16.5. The van der Waals surface area contributed by atoms with Gasteiger partial charge in [-0.15, -0.1) is 0 Å². The van der Waals surface area contributed by atoms with Crippen LogP contribution in [0.25, 0.3) is 0 Å². The number of carbonyl (C=O) groups excluding carboxylic acids is 1. The first-order chi connectivity index (χ1) is 9.28. The molecule has 1 aliphatic carbocycles. The van der Waals surface area contributed by atoms with E-state index in [0.717, 1.165) is 31.4 Å². The zero-order valence-corrected chi connectivity index (χ0v) is 11.4. The van der Waals surface area contributed by atoms with Crippen LogP contribution in [0.3, 0.4) is 0 Å². The molecule has 2 N–H and O–H groups in total. The number of nitrogens with one attached hydrogen (secondary N) is 2. The quantitative estimate of drug-likeness (QED) is 0.828. The molecule has 0 saturated heterocycles. The third-order valence-corrected chi connectivity index (χ3v) is 3.36. The molecule has 0 radical (unpaired) electrons. The summed E-state index contributed by atoms with van der Waals surface area (Å²) < 4.78 is 5.18. The number of carbonyl (C=O) groups is 1. The molecule has 0 heterocycles. The largest absolute Gasteiger partial charge is 0.445 e. The van der Waals surface area contributed by atoms with Crippen LogP contribution in [0.4, 0.5) is 4.79 Å². The molecule has 0 unspecified atom stereocenters. The van der Waals surface area contributed by atoms with Gasteiger partial charge in [0.2, 0.25) is 0 Å². The van der Waals surface area contributed by atoms with Gasteiger partial charge in [0.25, 0.3) is 0 Å². The summed E-state index contributed by atoms with van der Waals surface area (Å²) in [5.74, 6) is 0. The number of hydrogen-bond donors (Lipinski definition) is 2. The fraction of sp³-hybridized carbons (Fsp3) is 0.533. The summed E-state index contributed by atoms with van der Waals surface area (Å²) in [5.41, 5.74) is 1.01. The van der Waals surface area contributed by atoms with E-state index in [1.165, 1.54) is 0 Å². The van der Waals surface area contributed by atoms with Crippen LogP contribution in [0, 0.1) is 0 Å². The molecule has 4 nitrogen and oxygen atoms in total. The first-order valence-corrected chi connectivity index (χ1v) is 6.98. The highest BCUT2D eigenvalue weighted by molar-refractivity contribution is 5.67. The van der Waals surface area contributed by atoms with Crippen LogP contribution < -0.4 is 10.6 Å². The topological polar surface area (TPSA) is 50.4 Å². The number of hydrogen-bond acceptors (Lipinski definition) is 3. The lowest BCUT2D eigenvalue weighted by Crippen LogP contribution is -2.52. The summed E-state index contributed by atoms with van der Waals surface area (Å²) in [6.07, 6.45) is 2.83. The Morgan fingerprint density at radius 3 is 2.68 bits per heavy atom. The monoisotopic (exact) mass is 262 g/mol. The van der Waals surface area contributed by atoms with Gasteiger partial charge in [-0.2, -0.15) is 0 Å². The van der Waals surface area contributed by atoms with Crippen molar-refractivity contribution in [1.29, 1.82) is 0 Å². The van der Waals surface area contributed by atoms with Crippen LogP contribution in [0.2, 0.25) is 0 Å². The smallest absolute Gasteiger partial charge is 0.407 e. The van der Waals surface area contributed by atoms with E-state index in [9.17, 15) is 4.79 Å². The van der Waals surface area contributed by atoms with Crippen molar-refractivity contribution in [3.05, 3.63) is 35.9 Å². The number of rotatable bonds is 6. The SMILES string of the molecule is CCCNC1CC(NC(=O)OCc2ccccc2)C1. The van der Waals surface area contributed by atoms with E-state index in [1.807, 2.05) is 30.3 Å². The third kappa shape index (κ3) is 4.56. The van der Waals surface area contributed by atoms with Crippen LogP contribution in [-0.2, 0) is 11.3 Å². The molecule has 1 amide bonds. The van der Waals surface area contributed by atoms with Crippen molar-refractivity contribution >= 4 is 6.09 Å². The normalized spacial score (nSPS) is 21.5. The predicted octanol–water partition coefficient (Wildman–Crippen LogP) is 2.44. The fourth-order valence-electron chi connectivity index (χ4n) is 2.18. The average molecular weight is 262 g/mol. The van der Waals surface area contributed by atoms with Crippen molar-refractivity contribution in [1.82, 2.24) is 10.6 Å². The van der Waals surface area contributed by atoms with Crippen LogP contribution in [0.15, 0.2) is 30.3 Å². The lowest BCUT2D eigenvalue weighted by atomic mass is 9.87. The Labute approximate surface area is 114 Å². The minimum Gasteiger partial charge on any atom is -0.445 e. The molecule has 1 aliphatic rings. The van der Waals surface area contributed by atoms with E-state index < -0.39 is 0 Å². The molecule has 1 fully saturated rings. The van der Waals surface area contributed by atoms with E-state index in [1.54, 1.807) is 0 Å². The second kappa shape index (κ2) is 7.14. The molecule has 0 spiro atoms. The van der Waals surface area contributed by atoms with Gasteiger partial charge >= 0.3 is 6.09 Å². The lowest BCUT2D eigenvalue weighted by molar-refractivity contribution is 0.125.